The number of nitrogens with one attached hydrogen (secondary N) is 2. The fourth-order valence-electron chi connectivity index (χ4n) is 2.19. The monoisotopic (exact) mass is 292 g/mol. The average molecular weight is 292 g/mol. The number of ether oxygens (including phenoxy) is 1. The van der Waals surface area contributed by atoms with E-state index in [-0.39, 0.29) is 11.2 Å². The molecule has 0 bridgehead atoms. The van der Waals surface area contributed by atoms with E-state index in [4.69, 9.17) is 4.74 Å². The minimum atomic E-state index is -3.16. The molecule has 0 saturated carbocycles. The Balaban J connectivity index is 2.37. The Morgan fingerprint density at radius 1 is 1.32 bits per heavy atom. The van der Waals surface area contributed by atoms with Crippen LogP contribution in [0.2, 0.25) is 0 Å². The second kappa shape index (κ2) is 7.57. The van der Waals surface area contributed by atoms with Crippen molar-refractivity contribution in [1.29, 1.82) is 0 Å². The molecule has 1 saturated heterocycles. The molecule has 1 heterocycles. The van der Waals surface area contributed by atoms with Gasteiger partial charge in [-0.15, -0.1) is 0 Å². The molecule has 6 heteroatoms. The molecule has 0 aromatic carbocycles. The first-order valence-corrected chi connectivity index (χ1v) is 8.67. The molecule has 1 fully saturated rings. The molecule has 114 valence electrons. The third-order valence-corrected chi connectivity index (χ3v) is 5.16. The number of rotatable bonds is 8. The number of hydrogen-bond donors (Lipinski definition) is 2. The molecular weight excluding hydrogens is 264 g/mol. The van der Waals surface area contributed by atoms with Crippen LogP contribution >= 0.6 is 0 Å². The molecular formula is C13H28N2O3S. The fraction of sp³-hybridized carbons (Fsp3) is 1.00. The average Bonchev–Trinajstić information content (AvgIpc) is 2.35. The summed E-state index contributed by atoms with van der Waals surface area (Å²) in [6, 6.07) is 0. The van der Waals surface area contributed by atoms with Gasteiger partial charge in [0.1, 0.15) is 0 Å². The highest BCUT2D eigenvalue weighted by Gasteiger charge is 2.24. The molecule has 5 nitrogen and oxygen atoms in total. The molecule has 0 atom stereocenters. The van der Waals surface area contributed by atoms with Crippen LogP contribution < -0.4 is 10.0 Å². The Morgan fingerprint density at radius 3 is 2.53 bits per heavy atom. The summed E-state index contributed by atoms with van der Waals surface area (Å²) in [5.41, 5.74) is -0.0722. The second-order valence-electron chi connectivity index (χ2n) is 6.20. The fourth-order valence-corrected chi connectivity index (χ4v) is 3.87. The van der Waals surface area contributed by atoms with E-state index in [1.165, 1.54) is 0 Å². The van der Waals surface area contributed by atoms with Gasteiger partial charge in [-0.05, 0) is 43.7 Å². The van der Waals surface area contributed by atoms with Gasteiger partial charge in [-0.3, -0.25) is 0 Å². The standard InChI is InChI=1S/C13H28N2O3S/c1-13(2,6-9-18-3)11-15-19(16,17)10-12-4-7-14-8-5-12/h12,14-15H,4-11H2,1-3H3. The number of methoxy groups -OCH3 is 1. The van der Waals surface area contributed by atoms with Crippen molar-refractivity contribution in [2.24, 2.45) is 11.3 Å². The van der Waals surface area contributed by atoms with Crippen molar-refractivity contribution < 1.29 is 13.2 Å². The lowest BCUT2D eigenvalue weighted by Gasteiger charge is -2.26. The lowest BCUT2D eigenvalue weighted by atomic mass is 9.90. The Morgan fingerprint density at radius 2 is 1.95 bits per heavy atom. The molecule has 0 amide bonds. The number of sulfonamides is 1. The van der Waals surface area contributed by atoms with Gasteiger partial charge in [0, 0.05) is 20.3 Å². The van der Waals surface area contributed by atoms with Crippen molar-refractivity contribution in [2.45, 2.75) is 33.1 Å². The van der Waals surface area contributed by atoms with Crippen molar-refractivity contribution in [3.05, 3.63) is 0 Å². The summed E-state index contributed by atoms with van der Waals surface area (Å²) in [5, 5.41) is 3.25. The third kappa shape index (κ3) is 7.25. The van der Waals surface area contributed by atoms with E-state index in [0.29, 0.717) is 19.1 Å². The van der Waals surface area contributed by atoms with Crippen molar-refractivity contribution in [1.82, 2.24) is 10.0 Å². The Kier molecular flexibility index (Phi) is 6.73. The highest BCUT2D eigenvalue weighted by atomic mass is 32.2. The van der Waals surface area contributed by atoms with Gasteiger partial charge in [0.2, 0.25) is 10.0 Å². The predicted molar refractivity (Wildman–Crippen MR) is 77.7 cm³/mol. The maximum atomic E-state index is 12.1. The highest BCUT2D eigenvalue weighted by molar-refractivity contribution is 7.89. The molecule has 0 radical (unpaired) electrons. The van der Waals surface area contributed by atoms with E-state index in [1.807, 2.05) is 0 Å². The Labute approximate surface area is 117 Å². The van der Waals surface area contributed by atoms with Gasteiger partial charge >= 0.3 is 0 Å². The Hall–Kier alpha value is -0.170. The summed E-state index contributed by atoms with van der Waals surface area (Å²) < 4.78 is 31.9. The van der Waals surface area contributed by atoms with Gasteiger partial charge in [0.25, 0.3) is 0 Å². The molecule has 0 aromatic rings. The zero-order valence-electron chi connectivity index (χ0n) is 12.4. The van der Waals surface area contributed by atoms with Gasteiger partial charge in [-0.2, -0.15) is 0 Å². The smallest absolute Gasteiger partial charge is 0.211 e. The zero-order chi connectivity index (χ0) is 14.4. The molecule has 0 unspecified atom stereocenters. The minimum Gasteiger partial charge on any atom is -0.385 e. The van der Waals surface area contributed by atoms with E-state index in [2.05, 4.69) is 23.9 Å². The molecule has 0 aromatic heterocycles. The summed E-state index contributed by atoms with van der Waals surface area (Å²) in [7, 11) is -1.49. The van der Waals surface area contributed by atoms with E-state index in [0.717, 1.165) is 32.4 Å². The minimum absolute atomic E-state index is 0.0722. The summed E-state index contributed by atoms with van der Waals surface area (Å²) in [6.07, 6.45) is 2.75. The molecule has 19 heavy (non-hydrogen) atoms. The summed E-state index contributed by atoms with van der Waals surface area (Å²) in [4.78, 5) is 0. The number of piperidine rings is 1. The lowest BCUT2D eigenvalue weighted by molar-refractivity contribution is 0.153. The normalized spacial score (nSPS) is 18.7. The predicted octanol–water partition coefficient (Wildman–Crippen LogP) is 0.968. The summed E-state index contributed by atoms with van der Waals surface area (Å²) >= 11 is 0. The highest BCUT2D eigenvalue weighted by Crippen LogP contribution is 2.20. The van der Waals surface area contributed by atoms with E-state index >= 15 is 0 Å². The molecule has 1 aliphatic heterocycles. The lowest BCUT2D eigenvalue weighted by Crippen LogP contribution is -2.39. The van der Waals surface area contributed by atoms with E-state index < -0.39 is 10.0 Å². The van der Waals surface area contributed by atoms with Gasteiger partial charge < -0.3 is 10.1 Å². The quantitative estimate of drug-likeness (QED) is 0.699. The number of hydrogen-bond acceptors (Lipinski definition) is 4. The first-order valence-electron chi connectivity index (χ1n) is 7.02. The summed E-state index contributed by atoms with van der Waals surface area (Å²) in [5.74, 6) is 0.551. The molecule has 2 N–H and O–H groups in total. The van der Waals surface area contributed by atoms with E-state index in [9.17, 15) is 8.42 Å². The zero-order valence-corrected chi connectivity index (χ0v) is 13.2. The largest absolute Gasteiger partial charge is 0.385 e. The van der Waals surface area contributed by atoms with Crippen LogP contribution in [-0.4, -0.2) is 47.5 Å². The molecule has 1 rings (SSSR count). The van der Waals surface area contributed by atoms with Crippen LogP contribution in [-0.2, 0) is 14.8 Å². The van der Waals surface area contributed by atoms with Crippen LogP contribution in [0, 0.1) is 11.3 Å². The van der Waals surface area contributed by atoms with Gasteiger partial charge in [0.15, 0.2) is 0 Å². The maximum Gasteiger partial charge on any atom is 0.211 e. The van der Waals surface area contributed by atoms with Crippen molar-refractivity contribution >= 4 is 10.0 Å². The molecule has 0 spiro atoms. The van der Waals surface area contributed by atoms with E-state index in [1.54, 1.807) is 7.11 Å². The van der Waals surface area contributed by atoms with Crippen molar-refractivity contribution in [3.8, 4) is 0 Å². The van der Waals surface area contributed by atoms with Gasteiger partial charge in [0.05, 0.1) is 5.75 Å². The second-order valence-corrected chi connectivity index (χ2v) is 8.05. The first-order chi connectivity index (χ1) is 8.85. The first kappa shape index (κ1) is 16.9. The van der Waals surface area contributed by atoms with Crippen LogP contribution in [0.4, 0.5) is 0 Å². The van der Waals surface area contributed by atoms with Crippen molar-refractivity contribution in [2.75, 3.05) is 39.1 Å². The van der Waals surface area contributed by atoms with Crippen molar-refractivity contribution in [3.63, 3.8) is 0 Å². The molecule has 0 aliphatic carbocycles. The van der Waals surface area contributed by atoms with Crippen LogP contribution in [0.5, 0.6) is 0 Å². The van der Waals surface area contributed by atoms with Crippen LogP contribution in [0.3, 0.4) is 0 Å². The molecule has 1 aliphatic rings. The Bertz CT molecular complexity index is 349. The maximum absolute atomic E-state index is 12.1. The SMILES string of the molecule is COCCC(C)(C)CNS(=O)(=O)CC1CCNCC1. The topological polar surface area (TPSA) is 67.4 Å². The van der Waals surface area contributed by atoms with Crippen LogP contribution in [0.25, 0.3) is 0 Å². The van der Waals surface area contributed by atoms with Gasteiger partial charge in [-0.1, -0.05) is 13.8 Å². The van der Waals surface area contributed by atoms with Crippen LogP contribution in [0.1, 0.15) is 33.1 Å². The third-order valence-electron chi connectivity index (χ3n) is 3.67. The summed E-state index contributed by atoms with van der Waals surface area (Å²) in [6.45, 7) is 7.10. The van der Waals surface area contributed by atoms with Crippen LogP contribution in [0.15, 0.2) is 0 Å². The van der Waals surface area contributed by atoms with Gasteiger partial charge in [-0.25, -0.2) is 13.1 Å².